The quantitative estimate of drug-likeness (QED) is 0.211. The number of benzene rings is 2. The van der Waals surface area contributed by atoms with Crippen LogP contribution in [-0.2, 0) is 16.1 Å². The minimum absolute atomic E-state index is 0.229. The SMILES string of the molecule is CCCCOc1c(C)c(COc2cc(OCC3CCOCC3)cc(C(=O)OCC)c2)nc2ccccc12. The number of esters is 1. The summed E-state index contributed by atoms with van der Waals surface area (Å²) in [5.74, 6) is 1.98. The van der Waals surface area contributed by atoms with Gasteiger partial charge in [0.15, 0.2) is 0 Å². The summed E-state index contributed by atoms with van der Waals surface area (Å²) in [4.78, 5) is 17.4. The van der Waals surface area contributed by atoms with Gasteiger partial charge in [0.05, 0.1) is 36.6 Å². The summed E-state index contributed by atoms with van der Waals surface area (Å²) in [5.41, 5.74) is 3.00. The maximum atomic E-state index is 12.5. The number of pyridine rings is 1. The maximum Gasteiger partial charge on any atom is 0.338 e. The number of carbonyl (C=O) groups excluding carboxylic acids is 1. The Morgan fingerprint density at radius 1 is 1.03 bits per heavy atom. The van der Waals surface area contributed by atoms with Crippen LogP contribution in [0, 0.1) is 12.8 Å². The standard InChI is InChI=1S/C30H37NO6/c1-4-6-13-35-29-21(3)28(31-27-10-8-7-9-26(27)29)20-37-25-17-23(30(32)34-5-2)16-24(18-25)36-19-22-11-14-33-15-12-22/h7-10,16-18,22H,4-6,11-15,19-20H2,1-3H3. The summed E-state index contributed by atoms with van der Waals surface area (Å²) in [6, 6.07) is 13.2. The number of unbranched alkanes of at least 4 members (excludes halogenated alkanes) is 1. The van der Waals surface area contributed by atoms with Gasteiger partial charge in [-0.3, -0.25) is 0 Å². The molecule has 1 saturated heterocycles. The van der Waals surface area contributed by atoms with Crippen LogP contribution in [0.1, 0.15) is 61.1 Å². The summed E-state index contributed by atoms with van der Waals surface area (Å²) >= 11 is 0. The Bertz CT molecular complexity index is 1190. The molecule has 198 valence electrons. The van der Waals surface area contributed by atoms with Crippen LogP contribution in [0.2, 0.25) is 0 Å². The molecule has 1 aliphatic rings. The van der Waals surface area contributed by atoms with Crippen LogP contribution < -0.4 is 14.2 Å². The molecule has 2 heterocycles. The fourth-order valence-electron chi connectivity index (χ4n) is 4.32. The van der Waals surface area contributed by atoms with E-state index in [1.54, 1.807) is 19.1 Å². The topological polar surface area (TPSA) is 76.1 Å². The van der Waals surface area contributed by atoms with Crippen molar-refractivity contribution in [2.45, 2.75) is 53.1 Å². The molecule has 1 aliphatic heterocycles. The van der Waals surface area contributed by atoms with Gasteiger partial charge in [0, 0.05) is 30.2 Å². The molecule has 0 N–H and O–H groups in total. The first-order valence-electron chi connectivity index (χ1n) is 13.3. The van der Waals surface area contributed by atoms with Crippen molar-refractivity contribution in [2.75, 3.05) is 33.0 Å². The molecule has 1 fully saturated rings. The first kappa shape index (κ1) is 26.7. The molecular formula is C30H37NO6. The van der Waals surface area contributed by atoms with Gasteiger partial charge in [0.1, 0.15) is 23.9 Å². The number of para-hydroxylation sites is 1. The van der Waals surface area contributed by atoms with Crippen LogP contribution in [0.25, 0.3) is 10.9 Å². The van der Waals surface area contributed by atoms with Gasteiger partial charge in [0.2, 0.25) is 0 Å². The average molecular weight is 508 g/mol. The molecule has 37 heavy (non-hydrogen) atoms. The zero-order valence-corrected chi connectivity index (χ0v) is 22.1. The molecule has 0 amide bonds. The van der Waals surface area contributed by atoms with E-state index in [1.807, 2.05) is 37.3 Å². The van der Waals surface area contributed by atoms with Gasteiger partial charge in [-0.15, -0.1) is 0 Å². The number of hydrogen-bond donors (Lipinski definition) is 0. The molecule has 0 radical (unpaired) electrons. The molecular weight excluding hydrogens is 470 g/mol. The normalized spacial score (nSPS) is 13.9. The number of carbonyl (C=O) groups is 1. The molecule has 0 atom stereocenters. The van der Waals surface area contributed by atoms with Gasteiger partial charge in [-0.25, -0.2) is 9.78 Å². The number of aromatic nitrogens is 1. The lowest BCUT2D eigenvalue weighted by molar-refractivity contribution is 0.0494. The molecule has 0 unspecified atom stereocenters. The first-order chi connectivity index (χ1) is 18.1. The molecule has 0 spiro atoms. The third-order valence-corrected chi connectivity index (χ3v) is 6.52. The van der Waals surface area contributed by atoms with Crippen LogP contribution >= 0.6 is 0 Å². The highest BCUT2D eigenvalue weighted by Gasteiger charge is 2.18. The predicted molar refractivity (Wildman–Crippen MR) is 143 cm³/mol. The van der Waals surface area contributed by atoms with E-state index in [1.165, 1.54) is 0 Å². The van der Waals surface area contributed by atoms with Gasteiger partial charge in [-0.2, -0.15) is 0 Å². The second-order valence-electron chi connectivity index (χ2n) is 9.30. The van der Waals surface area contributed by atoms with E-state index < -0.39 is 5.97 Å². The fourth-order valence-corrected chi connectivity index (χ4v) is 4.32. The van der Waals surface area contributed by atoms with Crippen molar-refractivity contribution in [2.24, 2.45) is 5.92 Å². The van der Waals surface area contributed by atoms with E-state index >= 15 is 0 Å². The second kappa shape index (κ2) is 13.3. The van der Waals surface area contributed by atoms with E-state index in [0.717, 1.165) is 66.8 Å². The van der Waals surface area contributed by atoms with E-state index in [9.17, 15) is 4.79 Å². The van der Waals surface area contributed by atoms with Crippen LogP contribution in [0.4, 0.5) is 0 Å². The largest absolute Gasteiger partial charge is 0.493 e. The van der Waals surface area contributed by atoms with Crippen LogP contribution in [0.15, 0.2) is 42.5 Å². The summed E-state index contributed by atoms with van der Waals surface area (Å²) in [7, 11) is 0. The molecule has 0 aliphatic carbocycles. The Balaban J connectivity index is 1.56. The summed E-state index contributed by atoms with van der Waals surface area (Å²) in [6.07, 6.45) is 3.99. The molecule has 0 saturated carbocycles. The van der Waals surface area contributed by atoms with Crippen molar-refractivity contribution in [1.29, 1.82) is 0 Å². The molecule has 0 bridgehead atoms. The zero-order chi connectivity index (χ0) is 26.0. The van der Waals surface area contributed by atoms with Crippen LogP contribution in [-0.4, -0.2) is 44.0 Å². The number of fused-ring (bicyclic) bond motifs is 1. The average Bonchev–Trinajstić information content (AvgIpc) is 2.93. The Kier molecular flexibility index (Phi) is 9.60. The molecule has 2 aromatic carbocycles. The molecule has 7 nitrogen and oxygen atoms in total. The smallest absolute Gasteiger partial charge is 0.338 e. The summed E-state index contributed by atoms with van der Waals surface area (Å²) < 4.78 is 29.1. The highest BCUT2D eigenvalue weighted by atomic mass is 16.5. The van der Waals surface area contributed by atoms with Crippen molar-refractivity contribution in [3.05, 3.63) is 59.3 Å². The third-order valence-electron chi connectivity index (χ3n) is 6.52. The van der Waals surface area contributed by atoms with Gasteiger partial charge in [-0.05, 0) is 63.3 Å². The van der Waals surface area contributed by atoms with Gasteiger partial charge in [-0.1, -0.05) is 25.5 Å². The lowest BCUT2D eigenvalue weighted by atomic mass is 10.0. The number of hydrogen-bond acceptors (Lipinski definition) is 7. The van der Waals surface area contributed by atoms with Gasteiger partial charge in [0.25, 0.3) is 0 Å². The monoisotopic (exact) mass is 507 g/mol. The van der Waals surface area contributed by atoms with Crippen LogP contribution in [0.3, 0.4) is 0 Å². The van der Waals surface area contributed by atoms with Crippen molar-refractivity contribution in [3.8, 4) is 17.2 Å². The molecule has 1 aromatic heterocycles. The Labute approximate surface area is 219 Å². The lowest BCUT2D eigenvalue weighted by Gasteiger charge is -2.22. The minimum Gasteiger partial charge on any atom is -0.493 e. The van der Waals surface area contributed by atoms with Crippen molar-refractivity contribution < 1.29 is 28.5 Å². The van der Waals surface area contributed by atoms with Crippen molar-refractivity contribution >= 4 is 16.9 Å². The Morgan fingerprint density at radius 2 is 1.78 bits per heavy atom. The highest BCUT2D eigenvalue weighted by molar-refractivity contribution is 5.90. The Morgan fingerprint density at radius 3 is 2.54 bits per heavy atom. The highest BCUT2D eigenvalue weighted by Crippen LogP contribution is 2.32. The number of rotatable bonds is 12. The van der Waals surface area contributed by atoms with Gasteiger partial charge >= 0.3 is 5.97 Å². The predicted octanol–water partition coefficient (Wildman–Crippen LogP) is 6.28. The molecule has 3 aromatic rings. The number of ether oxygens (including phenoxy) is 5. The van der Waals surface area contributed by atoms with Crippen molar-refractivity contribution in [3.63, 3.8) is 0 Å². The minimum atomic E-state index is -0.407. The van der Waals surface area contributed by atoms with E-state index in [-0.39, 0.29) is 6.61 Å². The summed E-state index contributed by atoms with van der Waals surface area (Å²) in [6.45, 7) is 9.20. The number of nitrogens with zero attached hydrogens (tertiary/aromatic N) is 1. The van der Waals surface area contributed by atoms with Crippen molar-refractivity contribution in [1.82, 2.24) is 4.98 Å². The Hall–Kier alpha value is -3.32. The first-order valence-corrected chi connectivity index (χ1v) is 13.3. The second-order valence-corrected chi connectivity index (χ2v) is 9.30. The maximum absolute atomic E-state index is 12.5. The molecule has 7 heteroatoms. The third kappa shape index (κ3) is 7.13. The zero-order valence-electron chi connectivity index (χ0n) is 22.1. The fraction of sp³-hybridized carbons (Fsp3) is 0.467. The van der Waals surface area contributed by atoms with E-state index in [2.05, 4.69) is 6.92 Å². The van der Waals surface area contributed by atoms with Gasteiger partial charge < -0.3 is 23.7 Å². The lowest BCUT2D eigenvalue weighted by Crippen LogP contribution is -2.21. The summed E-state index contributed by atoms with van der Waals surface area (Å²) in [5, 5.41) is 0.993. The van der Waals surface area contributed by atoms with E-state index in [0.29, 0.717) is 42.8 Å². The van der Waals surface area contributed by atoms with Crippen LogP contribution in [0.5, 0.6) is 17.2 Å². The molecule has 4 rings (SSSR count). The van der Waals surface area contributed by atoms with E-state index in [4.69, 9.17) is 28.7 Å².